The Bertz CT molecular complexity index is 724. The minimum Gasteiger partial charge on any atom is -0.466 e. The molecule has 0 fully saturated rings. The van der Waals surface area contributed by atoms with Crippen LogP contribution in [0, 0.1) is 0 Å². The first-order valence-electron chi connectivity index (χ1n) is 6.68. The number of carbonyl (C=O) groups excluding carboxylic acids is 1. The molecule has 0 aliphatic rings. The van der Waals surface area contributed by atoms with E-state index < -0.39 is 5.60 Å². The molecule has 5 heteroatoms. The van der Waals surface area contributed by atoms with E-state index in [4.69, 9.17) is 4.42 Å². The van der Waals surface area contributed by atoms with Crippen molar-refractivity contribution in [2.75, 3.05) is 6.54 Å². The van der Waals surface area contributed by atoms with Gasteiger partial charge in [0.2, 0.25) is 0 Å². The van der Waals surface area contributed by atoms with Gasteiger partial charge in [0.15, 0.2) is 0 Å². The second-order valence-electron chi connectivity index (χ2n) is 5.20. The molecule has 0 aliphatic heterocycles. The summed E-state index contributed by atoms with van der Waals surface area (Å²) in [7, 11) is 0. The van der Waals surface area contributed by atoms with Gasteiger partial charge in [-0.05, 0) is 31.2 Å². The summed E-state index contributed by atoms with van der Waals surface area (Å²) in [5.74, 6) is 0.150. The highest BCUT2D eigenvalue weighted by Crippen LogP contribution is 2.20. The topological polar surface area (TPSA) is 78.3 Å². The summed E-state index contributed by atoms with van der Waals surface area (Å²) >= 11 is 0. The summed E-state index contributed by atoms with van der Waals surface area (Å²) < 4.78 is 5.18. The molecular formula is C16H16N2O3. The van der Waals surface area contributed by atoms with E-state index in [0.29, 0.717) is 11.5 Å². The van der Waals surface area contributed by atoms with Gasteiger partial charge in [0.25, 0.3) is 5.91 Å². The summed E-state index contributed by atoms with van der Waals surface area (Å²) in [6, 6.07) is 12.8. The third-order valence-corrected chi connectivity index (χ3v) is 3.42. The fraction of sp³-hybridized carbons (Fsp3) is 0.188. The second kappa shape index (κ2) is 5.10. The highest BCUT2D eigenvalue weighted by atomic mass is 16.4. The van der Waals surface area contributed by atoms with Crippen molar-refractivity contribution in [2.45, 2.75) is 12.5 Å². The number of nitrogens with one attached hydrogen (secondary N) is 2. The number of rotatable bonds is 4. The van der Waals surface area contributed by atoms with Crippen molar-refractivity contribution in [3.05, 3.63) is 60.2 Å². The highest BCUT2D eigenvalue weighted by Gasteiger charge is 2.27. The Balaban J connectivity index is 1.72. The van der Waals surface area contributed by atoms with Crippen LogP contribution in [-0.2, 0) is 5.60 Å². The van der Waals surface area contributed by atoms with E-state index in [9.17, 15) is 9.90 Å². The van der Waals surface area contributed by atoms with Crippen LogP contribution < -0.4 is 5.32 Å². The first-order valence-corrected chi connectivity index (χ1v) is 6.68. The van der Waals surface area contributed by atoms with Gasteiger partial charge in [0.05, 0.1) is 12.8 Å². The lowest BCUT2D eigenvalue weighted by Crippen LogP contribution is -2.38. The standard InChI is InChI=1S/C16H16N2O3/c1-16(20,14-7-4-8-21-14)10-17-15(19)13-9-11-5-2-3-6-12(11)18-13/h2-9,18,20H,10H2,1H3,(H,17,19)/t16-/m1/s1. The molecule has 21 heavy (non-hydrogen) atoms. The number of fused-ring (bicyclic) bond motifs is 1. The fourth-order valence-corrected chi connectivity index (χ4v) is 2.22. The predicted octanol–water partition coefficient (Wildman–Crippen LogP) is 2.40. The van der Waals surface area contributed by atoms with E-state index in [1.165, 1.54) is 6.26 Å². The van der Waals surface area contributed by atoms with Crippen LogP contribution in [0.5, 0.6) is 0 Å². The van der Waals surface area contributed by atoms with Crippen LogP contribution >= 0.6 is 0 Å². The maximum absolute atomic E-state index is 12.1. The SMILES string of the molecule is C[C@@](O)(CNC(=O)c1cc2ccccc2[nH]1)c1ccco1. The minimum absolute atomic E-state index is 0.0642. The summed E-state index contributed by atoms with van der Waals surface area (Å²) in [5.41, 5.74) is 0.123. The van der Waals surface area contributed by atoms with Crippen molar-refractivity contribution in [2.24, 2.45) is 0 Å². The Labute approximate surface area is 121 Å². The Hall–Kier alpha value is -2.53. The lowest BCUT2D eigenvalue weighted by molar-refractivity contribution is 0.0329. The zero-order valence-electron chi connectivity index (χ0n) is 11.6. The van der Waals surface area contributed by atoms with Crippen molar-refractivity contribution in [1.82, 2.24) is 10.3 Å². The van der Waals surface area contributed by atoms with Crippen LogP contribution in [0.2, 0.25) is 0 Å². The van der Waals surface area contributed by atoms with Crippen molar-refractivity contribution < 1.29 is 14.3 Å². The maximum atomic E-state index is 12.1. The van der Waals surface area contributed by atoms with E-state index in [0.717, 1.165) is 10.9 Å². The van der Waals surface area contributed by atoms with Gasteiger partial charge in [-0.1, -0.05) is 18.2 Å². The average Bonchev–Trinajstić information content (AvgIpc) is 3.13. The highest BCUT2D eigenvalue weighted by molar-refractivity contribution is 5.97. The number of aromatic amines is 1. The number of furan rings is 1. The Morgan fingerprint density at radius 3 is 2.86 bits per heavy atom. The van der Waals surface area contributed by atoms with Crippen LogP contribution in [0.25, 0.3) is 10.9 Å². The Morgan fingerprint density at radius 1 is 1.33 bits per heavy atom. The molecule has 1 atom stereocenters. The van der Waals surface area contributed by atoms with Gasteiger partial charge in [-0.3, -0.25) is 4.79 Å². The normalized spacial score (nSPS) is 14.0. The molecule has 3 aromatic rings. The van der Waals surface area contributed by atoms with Crippen molar-refractivity contribution >= 4 is 16.8 Å². The number of hydrogen-bond acceptors (Lipinski definition) is 3. The summed E-state index contributed by atoms with van der Waals surface area (Å²) in [6.07, 6.45) is 1.49. The lowest BCUT2D eigenvalue weighted by atomic mass is 10.0. The average molecular weight is 284 g/mol. The molecule has 0 spiro atoms. The molecular weight excluding hydrogens is 268 g/mol. The molecule has 2 heterocycles. The van der Waals surface area contributed by atoms with Crippen molar-refractivity contribution in [3.8, 4) is 0 Å². The van der Waals surface area contributed by atoms with Gasteiger partial charge in [0, 0.05) is 10.9 Å². The van der Waals surface area contributed by atoms with Gasteiger partial charge in [-0.2, -0.15) is 0 Å². The van der Waals surface area contributed by atoms with Gasteiger partial charge < -0.3 is 19.8 Å². The Kier molecular flexibility index (Phi) is 3.27. The van der Waals surface area contributed by atoms with Gasteiger partial charge in [-0.25, -0.2) is 0 Å². The second-order valence-corrected chi connectivity index (χ2v) is 5.20. The molecule has 0 aliphatic carbocycles. The summed E-state index contributed by atoms with van der Waals surface area (Å²) in [4.78, 5) is 15.2. The van der Waals surface area contributed by atoms with E-state index >= 15 is 0 Å². The molecule has 1 amide bonds. The smallest absolute Gasteiger partial charge is 0.267 e. The van der Waals surface area contributed by atoms with Crippen LogP contribution in [0.4, 0.5) is 0 Å². The number of amides is 1. The molecule has 0 unspecified atom stereocenters. The van der Waals surface area contributed by atoms with Crippen molar-refractivity contribution in [3.63, 3.8) is 0 Å². The molecule has 3 rings (SSSR count). The molecule has 1 aromatic carbocycles. The quantitative estimate of drug-likeness (QED) is 0.688. The van der Waals surface area contributed by atoms with E-state index in [2.05, 4.69) is 10.3 Å². The van der Waals surface area contributed by atoms with Gasteiger partial charge in [-0.15, -0.1) is 0 Å². The van der Waals surface area contributed by atoms with E-state index in [-0.39, 0.29) is 12.5 Å². The monoisotopic (exact) mass is 284 g/mol. The maximum Gasteiger partial charge on any atom is 0.267 e. The van der Waals surface area contributed by atoms with Crippen LogP contribution in [0.3, 0.4) is 0 Å². The molecule has 0 bridgehead atoms. The number of hydrogen-bond donors (Lipinski definition) is 3. The van der Waals surface area contributed by atoms with Crippen LogP contribution in [0.15, 0.2) is 53.1 Å². The summed E-state index contributed by atoms with van der Waals surface area (Å²) in [6.45, 7) is 1.66. The zero-order chi connectivity index (χ0) is 14.9. The fourth-order valence-electron chi connectivity index (χ4n) is 2.22. The van der Waals surface area contributed by atoms with Crippen LogP contribution in [-0.4, -0.2) is 22.5 Å². The predicted molar refractivity (Wildman–Crippen MR) is 78.9 cm³/mol. The number of H-pyrrole nitrogens is 1. The zero-order valence-corrected chi connectivity index (χ0v) is 11.6. The van der Waals surface area contributed by atoms with Crippen LogP contribution in [0.1, 0.15) is 23.2 Å². The lowest BCUT2D eigenvalue weighted by Gasteiger charge is -2.20. The Morgan fingerprint density at radius 2 is 2.14 bits per heavy atom. The molecule has 3 N–H and O–H groups in total. The third kappa shape index (κ3) is 2.68. The van der Waals surface area contributed by atoms with Gasteiger partial charge in [0.1, 0.15) is 17.1 Å². The molecule has 0 radical (unpaired) electrons. The first-order chi connectivity index (χ1) is 10.1. The molecule has 108 valence electrons. The number of aliphatic hydroxyl groups is 1. The minimum atomic E-state index is -1.24. The number of para-hydroxylation sites is 1. The van der Waals surface area contributed by atoms with Crippen molar-refractivity contribution in [1.29, 1.82) is 0 Å². The molecule has 0 saturated heterocycles. The number of carbonyl (C=O) groups is 1. The van der Waals surface area contributed by atoms with E-state index in [1.54, 1.807) is 25.1 Å². The van der Waals surface area contributed by atoms with Gasteiger partial charge >= 0.3 is 0 Å². The largest absolute Gasteiger partial charge is 0.466 e. The molecule has 0 saturated carbocycles. The number of aromatic nitrogens is 1. The molecule has 2 aromatic heterocycles. The third-order valence-electron chi connectivity index (χ3n) is 3.42. The van der Waals surface area contributed by atoms with E-state index in [1.807, 2.05) is 24.3 Å². The first kappa shape index (κ1) is 13.5. The number of benzene rings is 1. The molecule has 5 nitrogen and oxygen atoms in total. The summed E-state index contributed by atoms with van der Waals surface area (Å²) in [5, 5.41) is 14.0.